The van der Waals surface area contributed by atoms with Crippen molar-refractivity contribution in [3.63, 3.8) is 0 Å². The molecule has 0 unspecified atom stereocenters. The molecule has 3 N–H and O–H groups in total. The third-order valence-corrected chi connectivity index (χ3v) is 4.20. The van der Waals surface area contributed by atoms with E-state index in [0.29, 0.717) is 3.57 Å². The quantitative estimate of drug-likeness (QED) is 0.176. The van der Waals surface area contributed by atoms with Crippen LogP contribution in [0.5, 0.6) is 0 Å². The van der Waals surface area contributed by atoms with E-state index in [1.54, 1.807) is 22.6 Å². The topological polar surface area (TPSA) is 67.1 Å². The third kappa shape index (κ3) is 3.76. The Balaban J connectivity index is 2.34. The Labute approximate surface area is 163 Å². The van der Waals surface area contributed by atoms with E-state index >= 15 is 0 Å². The van der Waals surface area contributed by atoms with Gasteiger partial charge in [0.2, 0.25) is 5.95 Å². The molecule has 0 radical (unpaired) electrons. The van der Waals surface area contributed by atoms with E-state index in [1.807, 2.05) is 0 Å². The molecule has 0 amide bonds. The van der Waals surface area contributed by atoms with Crippen molar-refractivity contribution >= 4 is 62.5 Å². The highest BCUT2D eigenvalue weighted by Crippen LogP contribution is 2.40. The number of fused-ring (bicyclic) bond motifs is 1. The van der Waals surface area contributed by atoms with Crippen LogP contribution in [0.1, 0.15) is 0 Å². The van der Waals surface area contributed by atoms with E-state index < -0.39 is 23.6 Å². The fourth-order valence-corrected chi connectivity index (χ4v) is 3.16. The van der Waals surface area contributed by atoms with Crippen LogP contribution in [0.15, 0.2) is 36.4 Å². The van der Waals surface area contributed by atoms with Crippen molar-refractivity contribution < 1.29 is 17.6 Å². The number of alkyl halides is 3. The lowest BCUT2D eigenvalue weighted by Gasteiger charge is -2.27. The first kappa shape index (κ1) is 18.9. The van der Waals surface area contributed by atoms with E-state index in [-0.39, 0.29) is 26.8 Å². The molecule has 1 aromatic heterocycles. The molecular weight excluding hydrogens is 489 g/mol. The maximum Gasteiger partial charge on any atom is 0.490 e. The number of nitrogen functional groups attached to an aromatic ring is 1. The van der Waals surface area contributed by atoms with Gasteiger partial charge in [-0.25, -0.2) is 20.1 Å². The lowest BCUT2D eigenvalue weighted by molar-refractivity contribution is -0.121. The molecule has 0 atom stereocenters. The predicted octanol–water partition coefficient (Wildman–Crippen LogP) is 4.97. The number of aromatic nitrogens is 2. The molecule has 0 fully saturated rings. The van der Waals surface area contributed by atoms with E-state index in [9.17, 15) is 17.6 Å². The fraction of sp³-hybridized carbons (Fsp3) is 0.0667. The normalized spacial score (nSPS) is 11.7. The van der Waals surface area contributed by atoms with Gasteiger partial charge in [0.25, 0.3) is 0 Å². The Kier molecular flexibility index (Phi) is 5.08. The van der Waals surface area contributed by atoms with E-state index in [2.05, 4.69) is 15.4 Å². The third-order valence-electron chi connectivity index (χ3n) is 3.34. The van der Waals surface area contributed by atoms with Crippen molar-refractivity contribution in [2.75, 3.05) is 10.3 Å². The highest BCUT2D eigenvalue weighted by Gasteiger charge is 2.41. The van der Waals surface area contributed by atoms with Crippen molar-refractivity contribution in [3.8, 4) is 0 Å². The molecule has 0 aliphatic carbocycles. The van der Waals surface area contributed by atoms with Crippen LogP contribution >= 0.6 is 34.2 Å². The van der Waals surface area contributed by atoms with Crippen LogP contribution in [-0.2, 0) is 0 Å². The fourth-order valence-electron chi connectivity index (χ4n) is 2.38. The molecule has 3 aromatic rings. The van der Waals surface area contributed by atoms with Gasteiger partial charge in [-0.3, -0.25) is 5.43 Å². The molecule has 0 spiro atoms. The highest BCUT2D eigenvalue weighted by atomic mass is 127. The van der Waals surface area contributed by atoms with Crippen LogP contribution in [0.3, 0.4) is 0 Å². The van der Waals surface area contributed by atoms with Crippen molar-refractivity contribution in [2.45, 2.75) is 6.30 Å². The molecule has 5 nitrogen and oxygen atoms in total. The summed E-state index contributed by atoms with van der Waals surface area (Å²) in [5, 5.41) is 0.356. The molecule has 26 heavy (non-hydrogen) atoms. The summed E-state index contributed by atoms with van der Waals surface area (Å²) in [6.07, 6.45) is -4.89. The summed E-state index contributed by atoms with van der Waals surface area (Å²) in [4.78, 5) is 7.82. The van der Waals surface area contributed by atoms with Gasteiger partial charge in [-0.2, -0.15) is 4.98 Å². The number of halogens is 6. The SMILES string of the molecule is NNc1nc(N(c2cc(F)cc(I)c2)C(F)(F)F)c2ccc(Cl)cc2n1. The van der Waals surface area contributed by atoms with Gasteiger partial charge in [0.05, 0.1) is 11.2 Å². The van der Waals surface area contributed by atoms with Gasteiger partial charge >= 0.3 is 6.30 Å². The van der Waals surface area contributed by atoms with Crippen LogP contribution in [0.2, 0.25) is 5.02 Å². The largest absolute Gasteiger partial charge is 0.490 e. The summed E-state index contributed by atoms with van der Waals surface area (Å²) in [7, 11) is 0. The number of anilines is 3. The first-order valence-electron chi connectivity index (χ1n) is 6.96. The standard InChI is InChI=1S/C15H9ClF4IN5/c16-7-1-2-11-12(3-7)23-14(25-22)24-13(11)26(15(18,19)20)10-5-8(17)4-9(21)6-10/h1-6H,22H2,(H,23,24,25). The molecule has 136 valence electrons. The van der Waals surface area contributed by atoms with Crippen molar-refractivity contribution in [1.29, 1.82) is 0 Å². The van der Waals surface area contributed by atoms with Crippen molar-refractivity contribution in [2.24, 2.45) is 5.84 Å². The van der Waals surface area contributed by atoms with Gasteiger partial charge < -0.3 is 0 Å². The number of hydrogen-bond donors (Lipinski definition) is 2. The van der Waals surface area contributed by atoms with E-state index in [0.717, 1.165) is 12.1 Å². The zero-order valence-corrected chi connectivity index (χ0v) is 15.6. The lowest BCUT2D eigenvalue weighted by Crippen LogP contribution is -2.35. The molecule has 0 saturated heterocycles. The van der Waals surface area contributed by atoms with E-state index in [1.165, 1.54) is 24.3 Å². The minimum Gasteiger partial charge on any atom is -0.292 e. The number of rotatable bonds is 3. The Morgan fingerprint density at radius 1 is 1.12 bits per heavy atom. The van der Waals surface area contributed by atoms with Crippen LogP contribution in [0.4, 0.5) is 35.0 Å². The maximum atomic E-state index is 13.9. The molecular formula is C15H9ClF4IN5. The molecule has 0 saturated carbocycles. The molecule has 3 rings (SSSR count). The van der Waals surface area contributed by atoms with E-state index in [4.69, 9.17) is 17.4 Å². The first-order valence-corrected chi connectivity index (χ1v) is 8.41. The van der Waals surface area contributed by atoms with Crippen LogP contribution in [0, 0.1) is 9.39 Å². The number of hydrazine groups is 1. The van der Waals surface area contributed by atoms with Crippen molar-refractivity contribution in [1.82, 2.24) is 9.97 Å². The Bertz CT molecular complexity index is 962. The van der Waals surface area contributed by atoms with Gasteiger partial charge in [-0.05, 0) is 59.0 Å². The van der Waals surface area contributed by atoms with Gasteiger partial charge in [-0.15, -0.1) is 13.2 Å². The van der Waals surface area contributed by atoms with Crippen LogP contribution < -0.4 is 16.2 Å². The van der Waals surface area contributed by atoms with Gasteiger partial charge in [-0.1, -0.05) is 11.6 Å². The summed E-state index contributed by atoms with van der Waals surface area (Å²) < 4.78 is 55.6. The zero-order chi connectivity index (χ0) is 19.1. The summed E-state index contributed by atoms with van der Waals surface area (Å²) in [5.41, 5.74) is 1.84. The maximum absolute atomic E-state index is 13.9. The Hall–Kier alpha value is -1.92. The number of hydrogen-bond acceptors (Lipinski definition) is 5. The van der Waals surface area contributed by atoms with Gasteiger partial charge in [0.1, 0.15) is 5.82 Å². The molecule has 0 aliphatic rings. The molecule has 2 aromatic carbocycles. The van der Waals surface area contributed by atoms with Crippen LogP contribution in [0.25, 0.3) is 10.9 Å². The number of nitrogens with two attached hydrogens (primary N) is 1. The minimum absolute atomic E-state index is 0.0308. The van der Waals surface area contributed by atoms with Gasteiger partial charge in [0.15, 0.2) is 5.82 Å². The predicted molar refractivity (Wildman–Crippen MR) is 99.7 cm³/mol. The highest BCUT2D eigenvalue weighted by molar-refractivity contribution is 14.1. The number of benzene rings is 2. The number of nitrogens with zero attached hydrogens (tertiary/aromatic N) is 3. The Morgan fingerprint density at radius 3 is 2.46 bits per heavy atom. The second kappa shape index (κ2) is 7.00. The van der Waals surface area contributed by atoms with Gasteiger partial charge in [0, 0.05) is 14.0 Å². The molecule has 0 bridgehead atoms. The molecule has 11 heteroatoms. The summed E-state index contributed by atoms with van der Waals surface area (Å²) in [5.74, 6) is 3.72. The summed E-state index contributed by atoms with van der Waals surface area (Å²) in [6, 6.07) is 7.23. The monoisotopic (exact) mass is 497 g/mol. The summed E-state index contributed by atoms with van der Waals surface area (Å²) in [6.45, 7) is 0. The number of nitrogens with one attached hydrogen (secondary N) is 1. The second-order valence-corrected chi connectivity index (χ2v) is 6.79. The smallest absolute Gasteiger partial charge is 0.292 e. The second-order valence-electron chi connectivity index (χ2n) is 5.11. The van der Waals surface area contributed by atoms with Crippen molar-refractivity contribution in [3.05, 3.63) is 50.8 Å². The zero-order valence-electron chi connectivity index (χ0n) is 12.7. The minimum atomic E-state index is -4.89. The first-order chi connectivity index (χ1) is 12.2. The average molecular weight is 498 g/mol. The average Bonchev–Trinajstić information content (AvgIpc) is 2.52. The molecule has 0 aliphatic heterocycles. The lowest BCUT2D eigenvalue weighted by atomic mass is 10.2. The molecule has 1 heterocycles. The summed E-state index contributed by atoms with van der Waals surface area (Å²) >= 11 is 7.63. The Morgan fingerprint density at radius 2 is 1.85 bits per heavy atom. The van der Waals surface area contributed by atoms with Crippen LogP contribution in [-0.4, -0.2) is 16.3 Å².